The van der Waals surface area contributed by atoms with Crippen LogP contribution in [0.15, 0.2) is 35.8 Å². The molecule has 0 radical (unpaired) electrons. The third-order valence-corrected chi connectivity index (χ3v) is 3.63. The topological polar surface area (TPSA) is 34.1 Å². The lowest BCUT2D eigenvalue weighted by Gasteiger charge is -2.16. The van der Waals surface area contributed by atoms with Crippen molar-refractivity contribution in [2.45, 2.75) is 26.3 Å². The number of nitrogens with zero attached hydrogens (tertiary/aromatic N) is 1. The molecule has 1 aromatic carbocycles. The highest BCUT2D eigenvalue weighted by Crippen LogP contribution is 2.25. The maximum atomic E-state index is 5.61. The van der Waals surface area contributed by atoms with E-state index in [9.17, 15) is 0 Å². The highest BCUT2D eigenvalue weighted by molar-refractivity contribution is 7.09. The van der Waals surface area contributed by atoms with Crippen LogP contribution in [0.3, 0.4) is 0 Å². The van der Waals surface area contributed by atoms with Crippen LogP contribution in [-0.4, -0.2) is 18.1 Å². The molecule has 1 heterocycles. The molecule has 102 valence electrons. The first kappa shape index (κ1) is 14.0. The van der Waals surface area contributed by atoms with Crippen molar-refractivity contribution >= 4 is 11.3 Å². The van der Waals surface area contributed by atoms with Gasteiger partial charge in [-0.2, -0.15) is 0 Å². The van der Waals surface area contributed by atoms with Crippen molar-refractivity contribution < 1.29 is 4.74 Å². The number of thiazole rings is 1. The molecular weight excluding hydrogens is 256 g/mol. The predicted molar refractivity (Wildman–Crippen MR) is 79.9 cm³/mol. The lowest BCUT2D eigenvalue weighted by molar-refractivity contribution is 0.317. The summed E-state index contributed by atoms with van der Waals surface area (Å²) in [6.45, 7) is 5.90. The van der Waals surface area contributed by atoms with E-state index >= 15 is 0 Å². The van der Waals surface area contributed by atoms with Gasteiger partial charge in [-0.1, -0.05) is 26.0 Å². The maximum Gasteiger partial charge on any atom is 0.119 e. The van der Waals surface area contributed by atoms with E-state index in [2.05, 4.69) is 36.3 Å². The molecule has 0 aliphatic heterocycles. The lowest BCUT2D eigenvalue weighted by Crippen LogP contribution is -2.21. The second kappa shape index (κ2) is 7.26. The van der Waals surface area contributed by atoms with Crippen molar-refractivity contribution in [3.63, 3.8) is 0 Å². The minimum Gasteiger partial charge on any atom is -0.494 e. The summed E-state index contributed by atoms with van der Waals surface area (Å²) in [5, 5.41) is 6.58. The Morgan fingerprint density at radius 3 is 2.63 bits per heavy atom. The first-order valence-electron chi connectivity index (χ1n) is 6.70. The molecule has 0 saturated heterocycles. The van der Waals surface area contributed by atoms with Crippen LogP contribution in [-0.2, 0) is 0 Å². The average molecular weight is 276 g/mol. The van der Waals surface area contributed by atoms with Crippen LogP contribution in [0.25, 0.3) is 0 Å². The van der Waals surface area contributed by atoms with Crippen LogP contribution in [0.2, 0.25) is 0 Å². The number of benzene rings is 1. The molecular formula is C15H20N2OS. The normalized spacial score (nSPS) is 12.3. The van der Waals surface area contributed by atoms with Crippen LogP contribution in [0.1, 0.15) is 36.9 Å². The Morgan fingerprint density at radius 1 is 1.26 bits per heavy atom. The van der Waals surface area contributed by atoms with Crippen molar-refractivity contribution in [1.29, 1.82) is 0 Å². The van der Waals surface area contributed by atoms with Gasteiger partial charge in [-0.25, -0.2) is 4.98 Å². The first-order chi connectivity index (χ1) is 9.35. The molecule has 1 atom stereocenters. The molecule has 1 aromatic heterocycles. The Labute approximate surface area is 118 Å². The summed E-state index contributed by atoms with van der Waals surface area (Å²) in [5.41, 5.74) is 1.22. The Balaban J connectivity index is 2.13. The molecule has 19 heavy (non-hydrogen) atoms. The minimum atomic E-state index is 0.172. The molecule has 0 spiro atoms. The van der Waals surface area contributed by atoms with Gasteiger partial charge in [-0.05, 0) is 30.7 Å². The Bertz CT molecular complexity index is 467. The van der Waals surface area contributed by atoms with Gasteiger partial charge < -0.3 is 10.1 Å². The molecule has 0 saturated carbocycles. The summed E-state index contributed by atoms with van der Waals surface area (Å²) in [6.07, 6.45) is 2.88. The molecule has 0 fully saturated rings. The van der Waals surface area contributed by atoms with E-state index in [1.807, 2.05) is 23.7 Å². The van der Waals surface area contributed by atoms with Crippen LogP contribution < -0.4 is 10.1 Å². The largest absolute Gasteiger partial charge is 0.494 e. The van der Waals surface area contributed by atoms with E-state index in [0.717, 1.165) is 30.3 Å². The molecule has 0 aliphatic rings. The van der Waals surface area contributed by atoms with E-state index in [4.69, 9.17) is 4.74 Å². The average Bonchev–Trinajstić information content (AvgIpc) is 2.97. The van der Waals surface area contributed by atoms with Crippen molar-refractivity contribution in [1.82, 2.24) is 10.3 Å². The van der Waals surface area contributed by atoms with Gasteiger partial charge >= 0.3 is 0 Å². The summed E-state index contributed by atoms with van der Waals surface area (Å²) < 4.78 is 5.61. The third kappa shape index (κ3) is 3.78. The molecule has 0 bridgehead atoms. The second-order valence-corrected chi connectivity index (χ2v) is 5.20. The van der Waals surface area contributed by atoms with Gasteiger partial charge in [-0.15, -0.1) is 11.3 Å². The highest BCUT2D eigenvalue weighted by Gasteiger charge is 2.15. The Kier molecular flexibility index (Phi) is 5.36. The fourth-order valence-electron chi connectivity index (χ4n) is 1.91. The van der Waals surface area contributed by atoms with Gasteiger partial charge in [-0.3, -0.25) is 0 Å². The molecule has 3 nitrogen and oxygen atoms in total. The number of ether oxygens (including phenoxy) is 1. The molecule has 1 unspecified atom stereocenters. The zero-order chi connectivity index (χ0) is 13.5. The maximum absolute atomic E-state index is 5.61. The van der Waals surface area contributed by atoms with Gasteiger partial charge in [0.2, 0.25) is 0 Å². The summed E-state index contributed by atoms with van der Waals surface area (Å²) in [5.74, 6) is 0.931. The number of nitrogens with one attached hydrogen (secondary N) is 1. The summed E-state index contributed by atoms with van der Waals surface area (Å²) in [7, 11) is 0. The molecule has 0 amide bonds. The van der Waals surface area contributed by atoms with Gasteiger partial charge in [0.1, 0.15) is 10.8 Å². The Hall–Kier alpha value is -1.39. The van der Waals surface area contributed by atoms with Crippen LogP contribution in [0, 0.1) is 0 Å². The molecule has 4 heteroatoms. The summed E-state index contributed by atoms with van der Waals surface area (Å²) >= 11 is 1.68. The monoisotopic (exact) mass is 276 g/mol. The van der Waals surface area contributed by atoms with Crippen LogP contribution in [0.4, 0.5) is 0 Å². The van der Waals surface area contributed by atoms with Crippen LogP contribution in [0.5, 0.6) is 5.75 Å². The van der Waals surface area contributed by atoms with Gasteiger partial charge in [0, 0.05) is 11.6 Å². The van der Waals surface area contributed by atoms with E-state index in [-0.39, 0.29) is 6.04 Å². The van der Waals surface area contributed by atoms with E-state index < -0.39 is 0 Å². The minimum absolute atomic E-state index is 0.172. The first-order valence-corrected chi connectivity index (χ1v) is 7.58. The van der Waals surface area contributed by atoms with Gasteiger partial charge in [0.15, 0.2) is 0 Å². The molecule has 1 N–H and O–H groups in total. The highest BCUT2D eigenvalue weighted by atomic mass is 32.1. The number of aromatic nitrogens is 1. The number of hydrogen-bond acceptors (Lipinski definition) is 4. The van der Waals surface area contributed by atoms with E-state index in [1.165, 1.54) is 5.56 Å². The lowest BCUT2D eigenvalue weighted by atomic mass is 10.1. The van der Waals surface area contributed by atoms with Crippen molar-refractivity contribution in [3.8, 4) is 5.75 Å². The molecule has 2 rings (SSSR count). The zero-order valence-corrected chi connectivity index (χ0v) is 12.2. The van der Waals surface area contributed by atoms with Crippen molar-refractivity contribution in [2.24, 2.45) is 0 Å². The Morgan fingerprint density at radius 2 is 2.05 bits per heavy atom. The zero-order valence-electron chi connectivity index (χ0n) is 11.4. The molecule has 2 aromatic rings. The molecule has 0 aliphatic carbocycles. The van der Waals surface area contributed by atoms with E-state index in [1.54, 1.807) is 11.3 Å². The second-order valence-electron chi connectivity index (χ2n) is 4.28. The van der Waals surface area contributed by atoms with Gasteiger partial charge in [0.05, 0.1) is 12.6 Å². The van der Waals surface area contributed by atoms with Crippen molar-refractivity contribution in [2.75, 3.05) is 13.2 Å². The summed E-state index contributed by atoms with van der Waals surface area (Å²) in [6, 6.07) is 8.45. The van der Waals surface area contributed by atoms with Crippen molar-refractivity contribution in [3.05, 3.63) is 46.4 Å². The predicted octanol–water partition coefficient (Wildman–Crippen LogP) is 3.63. The SMILES string of the molecule is CCCOc1ccc(C(NCC)c2nccs2)cc1. The number of hydrogen-bond donors (Lipinski definition) is 1. The summed E-state index contributed by atoms with van der Waals surface area (Å²) in [4.78, 5) is 4.41. The standard InChI is InChI=1S/C15H20N2OS/c1-3-10-18-13-7-5-12(6-8-13)14(16-4-2)15-17-9-11-19-15/h5-9,11,14,16H,3-4,10H2,1-2H3. The van der Waals surface area contributed by atoms with E-state index in [0.29, 0.717) is 0 Å². The fourth-order valence-corrected chi connectivity index (χ4v) is 2.64. The third-order valence-electron chi connectivity index (χ3n) is 2.79. The smallest absolute Gasteiger partial charge is 0.119 e. The number of rotatable bonds is 7. The fraction of sp³-hybridized carbons (Fsp3) is 0.400. The van der Waals surface area contributed by atoms with Crippen LogP contribution >= 0.6 is 11.3 Å². The quantitative estimate of drug-likeness (QED) is 0.838. The van der Waals surface area contributed by atoms with Gasteiger partial charge in [0.25, 0.3) is 0 Å².